The minimum Gasteiger partial charge on any atom is -0.406 e. The summed E-state index contributed by atoms with van der Waals surface area (Å²) in [6.07, 6.45) is 3.08. The first-order valence-electron chi connectivity index (χ1n) is 7.10. The van der Waals surface area contributed by atoms with Gasteiger partial charge in [-0.05, 0) is 36.5 Å². The second-order valence-corrected chi connectivity index (χ2v) is 5.58. The Morgan fingerprint density at radius 1 is 1.24 bits per heavy atom. The first kappa shape index (κ1) is 16.2. The molecule has 0 saturated heterocycles. The van der Waals surface area contributed by atoms with E-state index in [-0.39, 0.29) is 5.75 Å². The van der Waals surface area contributed by atoms with Crippen LogP contribution in [0.25, 0.3) is 6.08 Å². The number of rotatable bonds is 4. The van der Waals surface area contributed by atoms with Crippen molar-refractivity contribution in [2.24, 2.45) is 5.92 Å². The summed E-state index contributed by atoms with van der Waals surface area (Å²) in [4.78, 5) is 0. The van der Waals surface area contributed by atoms with E-state index < -0.39 is 6.36 Å². The number of halogens is 4. The smallest absolute Gasteiger partial charge is 0.406 e. The van der Waals surface area contributed by atoms with Crippen LogP contribution in [0.1, 0.15) is 37.7 Å². The number of benzene rings is 1. The summed E-state index contributed by atoms with van der Waals surface area (Å²) in [7, 11) is 0. The van der Waals surface area contributed by atoms with Crippen molar-refractivity contribution in [2.45, 2.75) is 38.5 Å². The van der Waals surface area contributed by atoms with Gasteiger partial charge in [-0.15, -0.1) is 24.8 Å². The molecule has 1 aromatic carbocycles. The largest absolute Gasteiger partial charge is 0.573 e. The van der Waals surface area contributed by atoms with Crippen molar-refractivity contribution in [3.05, 3.63) is 35.4 Å². The van der Waals surface area contributed by atoms with Gasteiger partial charge in [-0.25, -0.2) is 0 Å². The molecule has 0 spiro atoms. The lowest BCUT2D eigenvalue weighted by atomic mass is 9.83. The zero-order valence-corrected chi connectivity index (χ0v) is 12.4. The number of ether oxygens (including phenoxy) is 1. The highest BCUT2D eigenvalue weighted by atomic mass is 35.5. The van der Waals surface area contributed by atoms with Gasteiger partial charge in [0, 0.05) is 5.88 Å². The molecule has 116 valence electrons. The molecule has 0 aliphatic heterocycles. The Balaban J connectivity index is 2.15. The summed E-state index contributed by atoms with van der Waals surface area (Å²) in [6, 6.07) is 6.01. The number of allylic oxidation sites excluding steroid dienone is 1. The minimum atomic E-state index is -4.67. The topological polar surface area (TPSA) is 9.23 Å². The van der Waals surface area contributed by atoms with Crippen molar-refractivity contribution >= 4 is 17.7 Å². The molecule has 0 atom stereocenters. The molecule has 0 aromatic heterocycles. The highest BCUT2D eigenvalue weighted by Gasteiger charge is 2.31. The van der Waals surface area contributed by atoms with E-state index in [4.69, 9.17) is 11.6 Å². The van der Waals surface area contributed by atoms with Crippen LogP contribution in [0.4, 0.5) is 13.2 Å². The Hall–Kier alpha value is -1.16. The van der Waals surface area contributed by atoms with Crippen LogP contribution in [0, 0.1) is 5.92 Å². The van der Waals surface area contributed by atoms with Crippen molar-refractivity contribution in [1.29, 1.82) is 0 Å². The maximum Gasteiger partial charge on any atom is 0.573 e. The molecule has 1 fully saturated rings. The lowest BCUT2D eigenvalue weighted by Crippen LogP contribution is -2.17. The third-order valence-corrected chi connectivity index (χ3v) is 4.04. The predicted molar refractivity (Wildman–Crippen MR) is 78.4 cm³/mol. The first-order valence-corrected chi connectivity index (χ1v) is 7.63. The van der Waals surface area contributed by atoms with E-state index in [1.807, 2.05) is 6.08 Å². The van der Waals surface area contributed by atoms with E-state index in [9.17, 15) is 13.2 Å². The van der Waals surface area contributed by atoms with Gasteiger partial charge in [0.2, 0.25) is 0 Å². The standard InChI is InChI=1S/C16H18ClF3O/c17-11-14(13-6-2-1-3-7-13)9-12-5-4-8-15(10-12)21-16(18,19)20/h4-5,8-10,13H,1-3,6-7,11H2/b14-9-. The second kappa shape index (κ2) is 7.21. The molecule has 1 aliphatic rings. The minimum absolute atomic E-state index is 0.200. The fourth-order valence-corrected chi connectivity index (χ4v) is 3.05. The molecule has 1 aliphatic carbocycles. The van der Waals surface area contributed by atoms with Crippen molar-refractivity contribution in [3.63, 3.8) is 0 Å². The van der Waals surface area contributed by atoms with E-state index in [1.54, 1.807) is 12.1 Å². The zero-order chi connectivity index (χ0) is 15.3. The first-order chi connectivity index (χ1) is 9.98. The summed E-state index contributed by atoms with van der Waals surface area (Å²) in [5.74, 6) is 0.659. The van der Waals surface area contributed by atoms with Crippen LogP contribution < -0.4 is 4.74 Å². The number of alkyl halides is 4. The Labute approximate surface area is 127 Å². The van der Waals surface area contributed by atoms with Crippen molar-refractivity contribution < 1.29 is 17.9 Å². The van der Waals surface area contributed by atoms with Crippen LogP contribution in [-0.4, -0.2) is 12.2 Å². The third kappa shape index (κ3) is 5.27. The normalized spacial score (nSPS) is 17.8. The van der Waals surface area contributed by atoms with Gasteiger partial charge < -0.3 is 4.74 Å². The van der Waals surface area contributed by atoms with Crippen LogP contribution in [0.3, 0.4) is 0 Å². The van der Waals surface area contributed by atoms with Gasteiger partial charge in [-0.1, -0.05) is 43.0 Å². The summed E-state index contributed by atoms with van der Waals surface area (Å²) in [5.41, 5.74) is 1.79. The summed E-state index contributed by atoms with van der Waals surface area (Å²) in [5, 5.41) is 0. The Morgan fingerprint density at radius 3 is 2.57 bits per heavy atom. The van der Waals surface area contributed by atoms with Gasteiger partial charge in [0.1, 0.15) is 5.75 Å². The Bertz CT molecular complexity index is 491. The molecule has 0 radical (unpaired) electrons. The van der Waals surface area contributed by atoms with Crippen molar-refractivity contribution in [2.75, 3.05) is 5.88 Å². The van der Waals surface area contributed by atoms with E-state index in [1.165, 1.54) is 31.4 Å². The van der Waals surface area contributed by atoms with Crippen LogP contribution in [0.5, 0.6) is 5.75 Å². The molecule has 0 bridgehead atoms. The maximum absolute atomic E-state index is 12.2. The molecule has 5 heteroatoms. The third-order valence-electron chi connectivity index (χ3n) is 3.73. The quantitative estimate of drug-likeness (QED) is 0.639. The molecular weight excluding hydrogens is 301 g/mol. The van der Waals surface area contributed by atoms with Crippen molar-refractivity contribution in [3.8, 4) is 5.75 Å². The van der Waals surface area contributed by atoms with Gasteiger partial charge >= 0.3 is 6.36 Å². The van der Waals surface area contributed by atoms with Crippen molar-refractivity contribution in [1.82, 2.24) is 0 Å². The Morgan fingerprint density at radius 2 is 1.95 bits per heavy atom. The summed E-state index contributed by atoms with van der Waals surface area (Å²) >= 11 is 6.02. The van der Waals surface area contributed by atoms with E-state index in [0.717, 1.165) is 18.4 Å². The zero-order valence-electron chi connectivity index (χ0n) is 11.6. The molecule has 1 saturated carbocycles. The fourth-order valence-electron chi connectivity index (χ4n) is 2.75. The van der Waals surface area contributed by atoms with Crippen LogP contribution >= 0.6 is 11.6 Å². The van der Waals surface area contributed by atoms with Gasteiger partial charge in [0.05, 0.1) is 0 Å². The highest BCUT2D eigenvalue weighted by molar-refractivity contribution is 6.19. The van der Waals surface area contributed by atoms with Gasteiger partial charge in [0.25, 0.3) is 0 Å². The molecular formula is C16H18ClF3O. The van der Waals surface area contributed by atoms with E-state index in [2.05, 4.69) is 4.74 Å². The SMILES string of the molecule is FC(F)(F)Oc1cccc(/C=C(/CCl)C2CCCCC2)c1. The second-order valence-electron chi connectivity index (χ2n) is 5.31. The van der Waals surface area contributed by atoms with Crippen LogP contribution in [0.15, 0.2) is 29.8 Å². The fraction of sp³-hybridized carbons (Fsp3) is 0.500. The molecule has 0 heterocycles. The van der Waals surface area contributed by atoms with E-state index in [0.29, 0.717) is 17.4 Å². The van der Waals surface area contributed by atoms with E-state index >= 15 is 0 Å². The lowest BCUT2D eigenvalue weighted by molar-refractivity contribution is -0.274. The molecule has 0 N–H and O–H groups in total. The van der Waals surface area contributed by atoms with Crippen LogP contribution in [0.2, 0.25) is 0 Å². The molecule has 1 aromatic rings. The average Bonchev–Trinajstić information content (AvgIpc) is 2.44. The molecule has 1 nitrogen and oxygen atoms in total. The van der Waals surface area contributed by atoms with Gasteiger partial charge in [-0.3, -0.25) is 0 Å². The predicted octanol–water partition coefficient (Wildman–Crippen LogP) is 5.79. The summed E-state index contributed by atoms with van der Waals surface area (Å²) < 4.78 is 40.6. The number of hydrogen-bond donors (Lipinski definition) is 0. The van der Waals surface area contributed by atoms with Crippen LogP contribution in [-0.2, 0) is 0 Å². The molecule has 0 amide bonds. The molecule has 2 rings (SSSR count). The average molecular weight is 319 g/mol. The molecule has 0 unspecified atom stereocenters. The number of hydrogen-bond acceptors (Lipinski definition) is 1. The van der Waals surface area contributed by atoms with Gasteiger partial charge in [0.15, 0.2) is 0 Å². The molecule has 21 heavy (non-hydrogen) atoms. The maximum atomic E-state index is 12.2. The monoisotopic (exact) mass is 318 g/mol. The van der Waals surface area contributed by atoms with Gasteiger partial charge in [-0.2, -0.15) is 0 Å². The lowest BCUT2D eigenvalue weighted by Gasteiger charge is -2.23. The highest BCUT2D eigenvalue weighted by Crippen LogP contribution is 2.32. The summed E-state index contributed by atoms with van der Waals surface area (Å²) in [6.45, 7) is 0. The Kier molecular flexibility index (Phi) is 5.57.